The number of benzene rings is 1. The van der Waals surface area contributed by atoms with Crippen molar-refractivity contribution in [3.8, 4) is 0 Å². The van der Waals surface area contributed by atoms with Gasteiger partial charge in [-0.3, -0.25) is 9.59 Å². The number of likely N-dealkylation sites (tertiary alicyclic amines) is 1. The zero-order valence-corrected chi connectivity index (χ0v) is 14.9. The molecule has 1 aliphatic heterocycles. The SMILES string of the molecule is Cc1cccc(C(C)C)c1NC(=O)C(C)(C)C(=O)N1CCCC1. The van der Waals surface area contributed by atoms with Crippen molar-refractivity contribution in [2.24, 2.45) is 5.41 Å². The van der Waals surface area contributed by atoms with Crippen LogP contribution in [0, 0.1) is 12.3 Å². The molecule has 0 bridgehead atoms. The van der Waals surface area contributed by atoms with Crippen molar-refractivity contribution in [1.29, 1.82) is 0 Å². The van der Waals surface area contributed by atoms with E-state index in [-0.39, 0.29) is 11.8 Å². The van der Waals surface area contributed by atoms with E-state index in [9.17, 15) is 9.59 Å². The summed E-state index contributed by atoms with van der Waals surface area (Å²) in [6.07, 6.45) is 2.05. The number of para-hydroxylation sites is 1. The molecule has 1 fully saturated rings. The van der Waals surface area contributed by atoms with Gasteiger partial charge >= 0.3 is 0 Å². The van der Waals surface area contributed by atoms with Crippen LogP contribution in [0.15, 0.2) is 18.2 Å². The molecule has 23 heavy (non-hydrogen) atoms. The number of carbonyl (C=O) groups excluding carboxylic acids is 2. The van der Waals surface area contributed by atoms with Crippen molar-refractivity contribution in [2.45, 2.75) is 53.4 Å². The normalized spacial score (nSPS) is 15.1. The second-order valence-electron chi connectivity index (χ2n) is 7.27. The maximum Gasteiger partial charge on any atom is 0.239 e. The number of hydrogen-bond donors (Lipinski definition) is 1. The summed E-state index contributed by atoms with van der Waals surface area (Å²) in [5.41, 5.74) is 1.91. The van der Waals surface area contributed by atoms with Gasteiger partial charge in [-0.05, 0) is 50.7 Å². The summed E-state index contributed by atoms with van der Waals surface area (Å²) in [5.74, 6) is 0.000349. The van der Waals surface area contributed by atoms with Crippen molar-refractivity contribution < 1.29 is 9.59 Å². The minimum absolute atomic E-state index is 0.0767. The lowest BCUT2D eigenvalue weighted by molar-refractivity contribution is -0.145. The number of amides is 2. The van der Waals surface area contributed by atoms with Gasteiger partial charge in [0, 0.05) is 18.8 Å². The Hall–Kier alpha value is -1.84. The number of hydrogen-bond acceptors (Lipinski definition) is 2. The zero-order chi connectivity index (χ0) is 17.2. The van der Waals surface area contributed by atoms with Crippen LogP contribution in [0.25, 0.3) is 0 Å². The summed E-state index contributed by atoms with van der Waals surface area (Å²) in [6.45, 7) is 11.1. The molecule has 0 unspecified atom stereocenters. The third-order valence-electron chi connectivity index (χ3n) is 4.66. The number of anilines is 1. The Kier molecular flexibility index (Phi) is 5.12. The Bertz CT molecular complexity index is 599. The van der Waals surface area contributed by atoms with E-state index in [0.717, 1.165) is 42.7 Å². The Labute approximate surface area is 139 Å². The van der Waals surface area contributed by atoms with Gasteiger partial charge in [0.2, 0.25) is 11.8 Å². The summed E-state index contributed by atoms with van der Waals surface area (Å²) in [6, 6.07) is 6.01. The van der Waals surface area contributed by atoms with Crippen molar-refractivity contribution in [3.05, 3.63) is 29.3 Å². The number of aryl methyl sites for hydroxylation is 1. The van der Waals surface area contributed by atoms with Gasteiger partial charge in [-0.25, -0.2) is 0 Å². The molecule has 4 heteroatoms. The highest BCUT2D eigenvalue weighted by Crippen LogP contribution is 2.30. The average molecular weight is 316 g/mol. The molecule has 4 nitrogen and oxygen atoms in total. The average Bonchev–Trinajstić information content (AvgIpc) is 3.02. The molecule has 0 spiro atoms. The quantitative estimate of drug-likeness (QED) is 0.861. The fourth-order valence-corrected chi connectivity index (χ4v) is 3.02. The molecular formula is C19H28N2O2. The molecule has 1 N–H and O–H groups in total. The molecule has 2 rings (SSSR count). The number of nitrogens with zero attached hydrogens (tertiary/aromatic N) is 1. The predicted octanol–water partition coefficient (Wildman–Crippen LogP) is 3.71. The van der Waals surface area contributed by atoms with E-state index in [2.05, 4.69) is 19.2 Å². The Balaban J connectivity index is 2.23. The highest BCUT2D eigenvalue weighted by Gasteiger charge is 2.40. The largest absolute Gasteiger partial charge is 0.342 e. The highest BCUT2D eigenvalue weighted by molar-refractivity contribution is 6.10. The van der Waals surface area contributed by atoms with E-state index in [1.165, 1.54) is 0 Å². The molecule has 1 saturated heterocycles. The van der Waals surface area contributed by atoms with Crippen LogP contribution in [-0.2, 0) is 9.59 Å². The van der Waals surface area contributed by atoms with Crippen molar-refractivity contribution in [2.75, 3.05) is 18.4 Å². The second-order valence-corrected chi connectivity index (χ2v) is 7.27. The smallest absolute Gasteiger partial charge is 0.239 e. The zero-order valence-electron chi connectivity index (χ0n) is 14.9. The molecule has 1 heterocycles. The second kappa shape index (κ2) is 6.73. The Morgan fingerprint density at radius 2 is 1.78 bits per heavy atom. The van der Waals surface area contributed by atoms with Gasteiger partial charge < -0.3 is 10.2 Å². The first-order valence-corrected chi connectivity index (χ1v) is 8.45. The van der Waals surface area contributed by atoms with Crippen LogP contribution in [0.4, 0.5) is 5.69 Å². The third-order valence-corrected chi connectivity index (χ3v) is 4.66. The monoisotopic (exact) mass is 316 g/mol. The van der Waals surface area contributed by atoms with Crippen molar-refractivity contribution in [3.63, 3.8) is 0 Å². The summed E-state index contributed by atoms with van der Waals surface area (Å²) >= 11 is 0. The Morgan fingerprint density at radius 1 is 1.17 bits per heavy atom. The van der Waals surface area contributed by atoms with Gasteiger partial charge in [-0.2, -0.15) is 0 Å². The molecule has 1 aromatic rings. The summed E-state index contributed by atoms with van der Waals surface area (Å²) < 4.78 is 0. The fraction of sp³-hybridized carbons (Fsp3) is 0.579. The van der Waals surface area contributed by atoms with E-state index >= 15 is 0 Å². The molecular weight excluding hydrogens is 288 g/mol. The lowest BCUT2D eigenvalue weighted by atomic mass is 9.89. The molecule has 0 saturated carbocycles. The minimum Gasteiger partial charge on any atom is -0.342 e. The molecule has 2 amide bonds. The van der Waals surface area contributed by atoms with Gasteiger partial charge in [0.25, 0.3) is 0 Å². The first-order valence-electron chi connectivity index (χ1n) is 8.45. The van der Waals surface area contributed by atoms with Crippen LogP contribution in [0.1, 0.15) is 57.6 Å². The van der Waals surface area contributed by atoms with Crippen LogP contribution in [0.2, 0.25) is 0 Å². The van der Waals surface area contributed by atoms with Crippen LogP contribution < -0.4 is 5.32 Å². The first kappa shape index (κ1) is 17.5. The van der Waals surface area contributed by atoms with E-state index < -0.39 is 5.41 Å². The number of nitrogens with one attached hydrogen (secondary N) is 1. The molecule has 1 aromatic carbocycles. The van der Waals surface area contributed by atoms with Gasteiger partial charge in [-0.15, -0.1) is 0 Å². The standard InChI is InChI=1S/C19H28N2O2/c1-13(2)15-10-8-9-14(3)16(15)20-17(22)19(4,5)18(23)21-11-6-7-12-21/h8-10,13H,6-7,11-12H2,1-5H3,(H,20,22). The van der Waals surface area contributed by atoms with E-state index in [4.69, 9.17) is 0 Å². The van der Waals surface area contributed by atoms with Crippen LogP contribution >= 0.6 is 0 Å². The summed E-state index contributed by atoms with van der Waals surface area (Å²) in [4.78, 5) is 27.3. The minimum atomic E-state index is -1.05. The van der Waals surface area contributed by atoms with Crippen molar-refractivity contribution >= 4 is 17.5 Å². The van der Waals surface area contributed by atoms with E-state index in [1.807, 2.05) is 25.1 Å². The number of rotatable bonds is 4. The fourth-order valence-electron chi connectivity index (χ4n) is 3.02. The van der Waals surface area contributed by atoms with Crippen LogP contribution in [0.5, 0.6) is 0 Å². The third kappa shape index (κ3) is 3.57. The van der Waals surface area contributed by atoms with Gasteiger partial charge in [-0.1, -0.05) is 32.0 Å². The lowest BCUT2D eigenvalue weighted by Crippen LogP contribution is -2.46. The maximum atomic E-state index is 12.8. The summed E-state index contributed by atoms with van der Waals surface area (Å²) in [7, 11) is 0. The van der Waals surface area contributed by atoms with E-state index in [1.54, 1.807) is 18.7 Å². The van der Waals surface area contributed by atoms with Crippen LogP contribution in [-0.4, -0.2) is 29.8 Å². The molecule has 0 radical (unpaired) electrons. The van der Waals surface area contributed by atoms with E-state index in [0.29, 0.717) is 5.92 Å². The van der Waals surface area contributed by atoms with Gasteiger partial charge in [0.05, 0.1) is 0 Å². The molecule has 0 aromatic heterocycles. The maximum absolute atomic E-state index is 12.8. The Morgan fingerprint density at radius 3 is 2.35 bits per heavy atom. The molecule has 0 atom stereocenters. The lowest BCUT2D eigenvalue weighted by Gasteiger charge is -2.29. The number of carbonyl (C=O) groups is 2. The molecule has 1 aliphatic rings. The van der Waals surface area contributed by atoms with Crippen molar-refractivity contribution in [1.82, 2.24) is 4.90 Å². The highest BCUT2D eigenvalue weighted by atomic mass is 16.2. The molecule has 0 aliphatic carbocycles. The topological polar surface area (TPSA) is 49.4 Å². The molecule has 126 valence electrons. The van der Waals surface area contributed by atoms with Gasteiger partial charge in [0.15, 0.2) is 0 Å². The van der Waals surface area contributed by atoms with Gasteiger partial charge in [0.1, 0.15) is 5.41 Å². The first-order chi connectivity index (χ1) is 10.7. The summed E-state index contributed by atoms with van der Waals surface area (Å²) in [5, 5.41) is 3.02. The van der Waals surface area contributed by atoms with Crippen LogP contribution in [0.3, 0.4) is 0 Å². The predicted molar refractivity (Wildman–Crippen MR) is 93.5 cm³/mol.